The summed E-state index contributed by atoms with van der Waals surface area (Å²) >= 11 is 0. The molecule has 5 heteroatoms. The van der Waals surface area contributed by atoms with Crippen LogP contribution >= 0.6 is 0 Å². The molecule has 2 heterocycles. The fraction of sp³-hybridized carbons (Fsp3) is 0.556. The van der Waals surface area contributed by atoms with Crippen LogP contribution in [-0.4, -0.2) is 33.8 Å². The van der Waals surface area contributed by atoms with Crippen molar-refractivity contribution >= 4 is 0 Å². The lowest BCUT2D eigenvalue weighted by Gasteiger charge is -2.43. The zero-order valence-electron chi connectivity index (χ0n) is 14.3. The van der Waals surface area contributed by atoms with Gasteiger partial charge in [-0.3, -0.25) is 4.90 Å². The van der Waals surface area contributed by atoms with E-state index in [-0.39, 0.29) is 18.1 Å². The summed E-state index contributed by atoms with van der Waals surface area (Å²) in [5.41, 5.74) is 1.21. The predicted octanol–water partition coefficient (Wildman–Crippen LogP) is 3.54. The Morgan fingerprint density at radius 3 is 2.57 bits per heavy atom. The van der Waals surface area contributed by atoms with E-state index in [1.165, 1.54) is 5.56 Å². The number of aromatic nitrogens is 2. The average Bonchev–Trinajstić information content (AvgIpc) is 3.01. The van der Waals surface area contributed by atoms with E-state index in [2.05, 4.69) is 67.1 Å². The van der Waals surface area contributed by atoms with Gasteiger partial charge in [0.05, 0.1) is 19.3 Å². The van der Waals surface area contributed by atoms with Crippen LogP contribution < -0.4 is 0 Å². The summed E-state index contributed by atoms with van der Waals surface area (Å²) in [6.07, 6.45) is 0.0693. The fourth-order valence-electron chi connectivity index (χ4n) is 3.09. The molecule has 0 unspecified atom stereocenters. The van der Waals surface area contributed by atoms with Gasteiger partial charge in [0.25, 0.3) is 0 Å². The second-order valence-corrected chi connectivity index (χ2v) is 6.62. The molecule has 23 heavy (non-hydrogen) atoms. The van der Waals surface area contributed by atoms with Crippen molar-refractivity contribution in [1.82, 2.24) is 15.1 Å². The van der Waals surface area contributed by atoms with Crippen LogP contribution in [0.4, 0.5) is 0 Å². The van der Waals surface area contributed by atoms with Gasteiger partial charge >= 0.3 is 0 Å². The third kappa shape index (κ3) is 3.46. The van der Waals surface area contributed by atoms with Gasteiger partial charge in [0.2, 0.25) is 11.8 Å². The van der Waals surface area contributed by atoms with Crippen LogP contribution in [0.5, 0.6) is 0 Å². The zero-order valence-corrected chi connectivity index (χ0v) is 14.3. The molecule has 1 fully saturated rings. The van der Waals surface area contributed by atoms with Gasteiger partial charge in [-0.1, -0.05) is 44.2 Å². The maximum absolute atomic E-state index is 6.09. The van der Waals surface area contributed by atoms with Crippen LogP contribution in [0.3, 0.4) is 0 Å². The van der Waals surface area contributed by atoms with E-state index in [1.54, 1.807) is 0 Å². The summed E-state index contributed by atoms with van der Waals surface area (Å²) in [4.78, 5) is 2.39. The number of ether oxygens (including phenoxy) is 1. The lowest BCUT2D eigenvalue weighted by molar-refractivity contribution is -0.102. The first kappa shape index (κ1) is 16.1. The summed E-state index contributed by atoms with van der Waals surface area (Å²) in [6, 6.07) is 11.0. The maximum Gasteiger partial charge on any atom is 0.230 e. The van der Waals surface area contributed by atoms with Gasteiger partial charge in [0, 0.05) is 18.0 Å². The first-order valence-corrected chi connectivity index (χ1v) is 8.31. The van der Waals surface area contributed by atoms with Crippen molar-refractivity contribution in [2.24, 2.45) is 0 Å². The molecule has 2 aromatic rings. The lowest BCUT2D eigenvalue weighted by atomic mass is 9.98. The number of benzene rings is 1. The number of nitrogens with zero attached hydrogens (tertiary/aromatic N) is 3. The lowest BCUT2D eigenvalue weighted by Crippen LogP contribution is -2.50. The largest absolute Gasteiger partial charge is 0.424 e. The number of morpholine rings is 1. The topological polar surface area (TPSA) is 51.4 Å². The van der Waals surface area contributed by atoms with Gasteiger partial charge in [-0.15, -0.1) is 10.2 Å². The van der Waals surface area contributed by atoms with Crippen molar-refractivity contribution in [3.63, 3.8) is 0 Å². The molecule has 0 bridgehead atoms. The third-order valence-electron chi connectivity index (χ3n) is 4.47. The smallest absolute Gasteiger partial charge is 0.230 e. The van der Waals surface area contributed by atoms with E-state index in [0.29, 0.717) is 31.0 Å². The number of hydrogen-bond acceptors (Lipinski definition) is 5. The molecule has 1 aliphatic heterocycles. The van der Waals surface area contributed by atoms with Gasteiger partial charge in [-0.25, -0.2) is 0 Å². The Morgan fingerprint density at radius 1 is 1.17 bits per heavy atom. The molecule has 3 rings (SSSR count). The van der Waals surface area contributed by atoms with Gasteiger partial charge in [-0.2, -0.15) is 0 Å². The molecule has 0 aliphatic carbocycles. The van der Waals surface area contributed by atoms with Gasteiger partial charge in [0.1, 0.15) is 0 Å². The minimum atomic E-state index is 0.0693. The molecule has 0 saturated carbocycles. The minimum Gasteiger partial charge on any atom is -0.424 e. The summed E-state index contributed by atoms with van der Waals surface area (Å²) in [7, 11) is 0. The molecule has 0 spiro atoms. The highest BCUT2D eigenvalue weighted by Crippen LogP contribution is 2.31. The second-order valence-electron chi connectivity index (χ2n) is 6.62. The molecule has 1 aromatic carbocycles. The van der Waals surface area contributed by atoms with Crippen molar-refractivity contribution in [3.05, 3.63) is 47.7 Å². The highest BCUT2D eigenvalue weighted by Gasteiger charge is 2.35. The summed E-state index contributed by atoms with van der Waals surface area (Å²) in [6.45, 7) is 9.86. The molecule has 1 aromatic heterocycles. The van der Waals surface area contributed by atoms with Crippen LogP contribution in [0.1, 0.15) is 57.1 Å². The van der Waals surface area contributed by atoms with E-state index in [9.17, 15) is 0 Å². The van der Waals surface area contributed by atoms with Crippen molar-refractivity contribution in [2.75, 3.05) is 6.61 Å². The quantitative estimate of drug-likeness (QED) is 0.863. The van der Waals surface area contributed by atoms with Crippen LogP contribution in [0.25, 0.3) is 0 Å². The molecule has 0 radical (unpaired) electrons. The fourth-order valence-corrected chi connectivity index (χ4v) is 3.09. The van der Waals surface area contributed by atoms with Crippen LogP contribution in [0.2, 0.25) is 0 Å². The van der Waals surface area contributed by atoms with E-state index < -0.39 is 0 Å². The van der Waals surface area contributed by atoms with E-state index in [4.69, 9.17) is 9.15 Å². The summed E-state index contributed by atoms with van der Waals surface area (Å²) < 4.78 is 11.9. The number of hydrogen-bond donors (Lipinski definition) is 0. The normalized spacial score (nSPS) is 25.9. The first-order valence-electron chi connectivity index (χ1n) is 8.31. The Labute approximate surface area is 137 Å². The molecule has 5 nitrogen and oxygen atoms in total. The monoisotopic (exact) mass is 315 g/mol. The Balaban J connectivity index is 1.76. The van der Waals surface area contributed by atoms with Crippen molar-refractivity contribution < 1.29 is 9.15 Å². The van der Waals surface area contributed by atoms with Crippen molar-refractivity contribution in [3.8, 4) is 0 Å². The number of rotatable bonds is 4. The highest BCUT2D eigenvalue weighted by molar-refractivity contribution is 5.19. The summed E-state index contributed by atoms with van der Waals surface area (Å²) in [5.74, 6) is 1.64. The SMILES string of the molecule is CC(C)c1nnc(CN2[C@H](C)CO[C@H](c3ccccc3)[C@H]2C)o1. The molecule has 0 N–H and O–H groups in total. The van der Waals surface area contributed by atoms with Gasteiger partial charge < -0.3 is 9.15 Å². The molecular formula is C18H25N3O2. The molecule has 0 amide bonds. The standard InChI is InChI=1S/C18H25N3O2/c1-12(2)18-20-19-16(23-18)10-21-13(3)11-22-17(14(21)4)15-8-6-5-7-9-15/h5-9,12-14,17H,10-11H2,1-4H3/t13-,14-,17+/m1/s1. The van der Waals surface area contributed by atoms with Crippen molar-refractivity contribution in [1.29, 1.82) is 0 Å². The Morgan fingerprint density at radius 2 is 1.91 bits per heavy atom. The predicted molar refractivity (Wildman–Crippen MR) is 88.0 cm³/mol. The van der Waals surface area contributed by atoms with Gasteiger partial charge in [-0.05, 0) is 19.4 Å². The second kappa shape index (κ2) is 6.81. The van der Waals surface area contributed by atoms with Crippen LogP contribution in [0, 0.1) is 0 Å². The Bertz CT molecular complexity index is 626. The Hall–Kier alpha value is -1.72. The van der Waals surface area contributed by atoms with Crippen LogP contribution in [-0.2, 0) is 11.3 Å². The van der Waals surface area contributed by atoms with Crippen LogP contribution in [0.15, 0.2) is 34.7 Å². The minimum absolute atomic E-state index is 0.0693. The summed E-state index contributed by atoms with van der Waals surface area (Å²) in [5, 5.41) is 8.33. The third-order valence-corrected chi connectivity index (χ3v) is 4.47. The molecular weight excluding hydrogens is 290 g/mol. The Kier molecular flexibility index (Phi) is 4.78. The van der Waals surface area contributed by atoms with E-state index in [0.717, 1.165) is 0 Å². The van der Waals surface area contributed by atoms with E-state index in [1.807, 2.05) is 6.07 Å². The molecule has 1 aliphatic rings. The first-order chi connectivity index (χ1) is 11.1. The average molecular weight is 315 g/mol. The van der Waals surface area contributed by atoms with Gasteiger partial charge in [0.15, 0.2) is 0 Å². The highest BCUT2D eigenvalue weighted by atomic mass is 16.5. The molecule has 1 saturated heterocycles. The zero-order chi connectivity index (χ0) is 16.4. The van der Waals surface area contributed by atoms with Crippen molar-refractivity contribution in [2.45, 2.75) is 58.3 Å². The molecule has 3 atom stereocenters. The molecule has 124 valence electrons. The van der Waals surface area contributed by atoms with E-state index >= 15 is 0 Å². The maximum atomic E-state index is 6.09.